The first-order valence-corrected chi connectivity index (χ1v) is 11.3. The van der Waals surface area contributed by atoms with Crippen molar-refractivity contribution in [1.82, 2.24) is 29.6 Å². The number of likely N-dealkylation sites (N-methyl/N-ethyl adjacent to an activating group) is 1. The highest BCUT2D eigenvalue weighted by atomic mass is 19.1. The Hall–Kier alpha value is -4.11. The number of halogens is 1. The molecule has 0 amide bonds. The molecule has 0 bridgehead atoms. The highest BCUT2D eigenvalue weighted by Crippen LogP contribution is 2.37. The maximum atomic E-state index is 15.3. The molecule has 9 heteroatoms. The normalized spacial score (nSPS) is 12.4. The van der Waals surface area contributed by atoms with Crippen molar-refractivity contribution in [3.05, 3.63) is 67.1 Å². The van der Waals surface area contributed by atoms with E-state index in [9.17, 15) is 0 Å². The molecule has 3 heterocycles. The van der Waals surface area contributed by atoms with Gasteiger partial charge in [0, 0.05) is 36.9 Å². The van der Waals surface area contributed by atoms with Crippen LogP contribution in [0.3, 0.4) is 0 Å². The van der Waals surface area contributed by atoms with Crippen LogP contribution >= 0.6 is 0 Å². The number of anilines is 2. The van der Waals surface area contributed by atoms with Crippen molar-refractivity contribution in [3.8, 4) is 16.9 Å². The summed E-state index contributed by atoms with van der Waals surface area (Å²) >= 11 is 0. The zero-order valence-electron chi connectivity index (χ0n) is 20.0. The van der Waals surface area contributed by atoms with Crippen LogP contribution in [0.1, 0.15) is 6.92 Å². The molecule has 0 aliphatic carbocycles. The van der Waals surface area contributed by atoms with Crippen LogP contribution in [0.25, 0.3) is 32.9 Å². The summed E-state index contributed by atoms with van der Waals surface area (Å²) in [6.45, 7) is 2.73. The maximum absolute atomic E-state index is 15.3. The highest BCUT2D eigenvalue weighted by molar-refractivity contribution is 5.99. The first-order chi connectivity index (χ1) is 16.9. The number of aromatic nitrogens is 5. The third-order valence-electron chi connectivity index (χ3n) is 5.66. The van der Waals surface area contributed by atoms with Gasteiger partial charge in [0.15, 0.2) is 5.82 Å². The van der Waals surface area contributed by atoms with Crippen molar-refractivity contribution in [2.75, 3.05) is 26.0 Å². The molecular weight excluding hydrogens is 445 g/mol. The van der Waals surface area contributed by atoms with Gasteiger partial charge in [0.2, 0.25) is 0 Å². The summed E-state index contributed by atoms with van der Waals surface area (Å²) in [5.41, 5.74) is 3.43. The topological polar surface area (TPSA) is 81.0 Å². The van der Waals surface area contributed by atoms with Crippen molar-refractivity contribution in [2.45, 2.75) is 13.0 Å². The van der Waals surface area contributed by atoms with Gasteiger partial charge in [-0.1, -0.05) is 0 Å². The SMILES string of the molecule is C[C@@H](CN(C)C)Oc1cc(-c2cnn(C)c2)cc2ncnc(Nc3ccc4ncccc4c3F)c12. The Bertz CT molecular complexity index is 1510. The van der Waals surface area contributed by atoms with Gasteiger partial charge >= 0.3 is 0 Å². The highest BCUT2D eigenvalue weighted by Gasteiger charge is 2.18. The van der Waals surface area contributed by atoms with Crippen molar-refractivity contribution >= 4 is 33.3 Å². The van der Waals surface area contributed by atoms with Gasteiger partial charge in [0.1, 0.15) is 24.0 Å². The Morgan fingerprint density at radius 1 is 1.09 bits per heavy atom. The van der Waals surface area contributed by atoms with Crippen molar-refractivity contribution in [3.63, 3.8) is 0 Å². The van der Waals surface area contributed by atoms with Gasteiger partial charge in [-0.25, -0.2) is 14.4 Å². The molecule has 8 nitrogen and oxygen atoms in total. The summed E-state index contributed by atoms with van der Waals surface area (Å²) in [5, 5.41) is 8.57. The summed E-state index contributed by atoms with van der Waals surface area (Å²) in [6.07, 6.45) is 6.74. The Labute approximate surface area is 202 Å². The second kappa shape index (κ2) is 9.27. The Kier molecular flexibility index (Phi) is 6.00. The summed E-state index contributed by atoms with van der Waals surface area (Å²) in [5.74, 6) is 0.682. The van der Waals surface area contributed by atoms with Crippen LogP contribution in [-0.2, 0) is 7.05 Å². The molecule has 1 N–H and O–H groups in total. The number of rotatable bonds is 7. The summed E-state index contributed by atoms with van der Waals surface area (Å²) in [7, 11) is 5.87. The van der Waals surface area contributed by atoms with Gasteiger partial charge in [0.25, 0.3) is 0 Å². The molecule has 5 aromatic rings. The molecule has 0 aliphatic rings. The average Bonchev–Trinajstić information content (AvgIpc) is 3.26. The lowest BCUT2D eigenvalue weighted by Gasteiger charge is -2.21. The van der Waals surface area contributed by atoms with Crippen molar-refractivity contribution < 1.29 is 9.13 Å². The number of nitrogens with one attached hydrogen (secondary N) is 1. The van der Waals surface area contributed by atoms with Gasteiger partial charge < -0.3 is 15.0 Å². The van der Waals surface area contributed by atoms with Crippen LogP contribution in [0, 0.1) is 5.82 Å². The average molecular weight is 472 g/mol. The zero-order valence-corrected chi connectivity index (χ0v) is 20.0. The van der Waals surface area contributed by atoms with Crippen LogP contribution < -0.4 is 10.1 Å². The molecule has 1 atom stereocenters. The van der Waals surface area contributed by atoms with E-state index in [1.54, 1.807) is 41.3 Å². The van der Waals surface area contributed by atoms with E-state index in [4.69, 9.17) is 4.74 Å². The minimum atomic E-state index is -0.391. The maximum Gasteiger partial charge on any atom is 0.156 e. The lowest BCUT2D eigenvalue weighted by atomic mass is 10.1. The van der Waals surface area contributed by atoms with E-state index in [1.807, 2.05) is 46.4 Å². The Balaban J connectivity index is 1.63. The molecule has 0 aliphatic heterocycles. The minimum absolute atomic E-state index is 0.103. The number of hydrogen-bond acceptors (Lipinski definition) is 7. The minimum Gasteiger partial charge on any atom is -0.489 e. The van der Waals surface area contributed by atoms with Crippen molar-refractivity contribution in [2.24, 2.45) is 7.05 Å². The van der Waals surface area contributed by atoms with Crippen LogP contribution in [-0.4, -0.2) is 56.4 Å². The lowest BCUT2D eigenvalue weighted by molar-refractivity contribution is 0.179. The third-order valence-corrected chi connectivity index (χ3v) is 5.66. The lowest BCUT2D eigenvalue weighted by Crippen LogP contribution is -2.28. The predicted molar refractivity (Wildman–Crippen MR) is 135 cm³/mol. The van der Waals surface area contributed by atoms with Gasteiger partial charge in [0.05, 0.1) is 28.3 Å². The number of aryl methyl sites for hydroxylation is 1. The number of benzene rings is 2. The molecule has 0 saturated carbocycles. The smallest absolute Gasteiger partial charge is 0.156 e. The standard InChI is InChI=1S/C26H26FN7O/c1-16(13-33(2)3)35-23-11-17(18-12-31-34(4)14-18)10-22-24(23)26(30-15-29-22)32-21-8-7-20-19(25(21)27)6-5-9-28-20/h5-12,14-16H,13H2,1-4H3,(H,29,30,32)/t16-/m0/s1. The molecule has 0 spiro atoms. The molecule has 0 unspecified atom stereocenters. The Morgan fingerprint density at radius 3 is 2.71 bits per heavy atom. The molecule has 0 fully saturated rings. The predicted octanol–water partition coefficient (Wildman–Crippen LogP) is 4.79. The van der Waals surface area contributed by atoms with Crippen molar-refractivity contribution in [1.29, 1.82) is 0 Å². The van der Waals surface area contributed by atoms with E-state index >= 15 is 4.39 Å². The van der Waals surface area contributed by atoms with E-state index < -0.39 is 5.82 Å². The van der Waals surface area contributed by atoms with Crippen LogP contribution in [0.4, 0.5) is 15.9 Å². The fourth-order valence-electron chi connectivity index (χ4n) is 4.19. The molecule has 178 valence electrons. The fraction of sp³-hybridized carbons (Fsp3) is 0.231. The molecule has 35 heavy (non-hydrogen) atoms. The zero-order chi connectivity index (χ0) is 24.5. The second-order valence-electron chi connectivity index (χ2n) is 8.81. The van der Waals surface area contributed by atoms with Gasteiger partial charge in [-0.3, -0.25) is 9.67 Å². The molecule has 5 rings (SSSR count). The van der Waals surface area contributed by atoms with E-state index in [0.717, 1.165) is 17.7 Å². The quantitative estimate of drug-likeness (QED) is 0.365. The number of pyridine rings is 1. The molecule has 3 aromatic heterocycles. The number of fused-ring (bicyclic) bond motifs is 2. The largest absolute Gasteiger partial charge is 0.489 e. The Morgan fingerprint density at radius 2 is 1.94 bits per heavy atom. The number of hydrogen-bond donors (Lipinski definition) is 1. The van der Waals surface area contributed by atoms with Gasteiger partial charge in [-0.05, 0) is 63.0 Å². The summed E-state index contributed by atoms with van der Waals surface area (Å²) in [4.78, 5) is 15.2. The number of nitrogens with zero attached hydrogens (tertiary/aromatic N) is 6. The van der Waals surface area contributed by atoms with Gasteiger partial charge in [-0.2, -0.15) is 5.10 Å². The monoisotopic (exact) mass is 471 g/mol. The molecule has 0 saturated heterocycles. The first-order valence-electron chi connectivity index (χ1n) is 11.3. The first kappa shape index (κ1) is 22.7. The van der Waals surface area contributed by atoms with E-state index in [2.05, 4.69) is 30.3 Å². The molecule has 2 aromatic carbocycles. The van der Waals surface area contributed by atoms with Crippen LogP contribution in [0.5, 0.6) is 5.75 Å². The molecule has 0 radical (unpaired) electrons. The fourth-order valence-corrected chi connectivity index (χ4v) is 4.19. The van der Waals surface area contributed by atoms with Crippen LogP contribution in [0.2, 0.25) is 0 Å². The summed E-state index contributed by atoms with van der Waals surface area (Å²) < 4.78 is 23.4. The van der Waals surface area contributed by atoms with Crippen LogP contribution in [0.15, 0.2) is 61.3 Å². The number of ether oxygens (including phenoxy) is 1. The second-order valence-corrected chi connectivity index (χ2v) is 8.81. The van der Waals surface area contributed by atoms with E-state index in [-0.39, 0.29) is 6.10 Å². The molecular formula is C26H26FN7O. The summed E-state index contributed by atoms with van der Waals surface area (Å²) in [6, 6.07) is 10.8. The third kappa shape index (κ3) is 4.63. The van der Waals surface area contributed by atoms with Gasteiger partial charge in [-0.15, -0.1) is 0 Å². The van der Waals surface area contributed by atoms with E-state index in [1.165, 1.54) is 6.33 Å². The van der Waals surface area contributed by atoms with E-state index in [0.29, 0.717) is 39.1 Å².